The molecule has 0 unspecified atom stereocenters. The first kappa shape index (κ1) is 16.3. The first-order chi connectivity index (χ1) is 10.0. The van der Waals surface area contributed by atoms with Gasteiger partial charge >= 0.3 is 0 Å². The summed E-state index contributed by atoms with van der Waals surface area (Å²) < 4.78 is 0. The normalized spacial score (nSPS) is 22.6. The monoisotopic (exact) mass is 289 g/mol. The van der Waals surface area contributed by atoms with E-state index in [1.54, 1.807) is 0 Å². The fourth-order valence-electron chi connectivity index (χ4n) is 3.32. The van der Waals surface area contributed by atoms with Gasteiger partial charge in [-0.25, -0.2) is 4.98 Å². The van der Waals surface area contributed by atoms with Crippen LogP contribution in [0.3, 0.4) is 0 Å². The second kappa shape index (κ2) is 7.26. The lowest BCUT2D eigenvalue weighted by atomic mass is 9.84. The van der Waals surface area contributed by atoms with Crippen LogP contribution in [0.4, 0.5) is 5.82 Å². The Morgan fingerprint density at radius 1 is 1.24 bits per heavy atom. The molecule has 21 heavy (non-hydrogen) atoms. The van der Waals surface area contributed by atoms with Crippen LogP contribution in [0.5, 0.6) is 0 Å². The summed E-state index contributed by atoms with van der Waals surface area (Å²) >= 11 is 0. The molecule has 3 heteroatoms. The Hall–Kier alpha value is -1.09. The minimum Gasteiger partial charge on any atom is -0.357 e. The van der Waals surface area contributed by atoms with Gasteiger partial charge in [0.1, 0.15) is 5.82 Å². The van der Waals surface area contributed by atoms with E-state index in [2.05, 4.69) is 44.9 Å². The van der Waals surface area contributed by atoms with Crippen molar-refractivity contribution in [3.63, 3.8) is 0 Å². The molecule has 3 nitrogen and oxygen atoms in total. The van der Waals surface area contributed by atoms with Gasteiger partial charge in [0.25, 0.3) is 0 Å². The fourth-order valence-corrected chi connectivity index (χ4v) is 3.32. The van der Waals surface area contributed by atoms with E-state index in [1.165, 1.54) is 37.7 Å². The maximum absolute atomic E-state index is 5.86. The predicted molar refractivity (Wildman–Crippen MR) is 90.7 cm³/mol. The van der Waals surface area contributed by atoms with Crippen LogP contribution in [0.25, 0.3) is 0 Å². The van der Waals surface area contributed by atoms with E-state index in [0.29, 0.717) is 18.5 Å². The van der Waals surface area contributed by atoms with Crippen molar-refractivity contribution in [2.24, 2.45) is 11.7 Å². The molecule has 1 aliphatic rings. The number of nitrogens with zero attached hydrogens (tertiary/aromatic N) is 2. The highest BCUT2D eigenvalue weighted by Crippen LogP contribution is 2.31. The molecular formula is C18H31N3. The summed E-state index contributed by atoms with van der Waals surface area (Å²) in [7, 11) is 2.20. The molecule has 0 aliphatic heterocycles. The third kappa shape index (κ3) is 3.97. The molecule has 0 aromatic carbocycles. The van der Waals surface area contributed by atoms with Gasteiger partial charge in [-0.1, -0.05) is 27.2 Å². The molecule has 2 N–H and O–H groups in total. The number of rotatable bonds is 5. The lowest BCUT2D eigenvalue weighted by Crippen LogP contribution is -2.35. The molecule has 1 fully saturated rings. The fraction of sp³-hybridized carbons (Fsp3) is 0.722. The lowest BCUT2D eigenvalue weighted by Gasteiger charge is -2.35. The molecule has 118 valence electrons. The van der Waals surface area contributed by atoms with Crippen LogP contribution < -0.4 is 10.6 Å². The first-order valence-electron chi connectivity index (χ1n) is 8.48. The zero-order chi connectivity index (χ0) is 15.4. The number of aromatic nitrogens is 1. The summed E-state index contributed by atoms with van der Waals surface area (Å²) in [6.45, 7) is 7.29. The number of nitrogens with two attached hydrogens (primary N) is 1. The van der Waals surface area contributed by atoms with Crippen molar-refractivity contribution in [3.05, 3.63) is 23.4 Å². The Morgan fingerprint density at radius 2 is 1.90 bits per heavy atom. The summed E-state index contributed by atoms with van der Waals surface area (Å²) in [5.74, 6) is 2.48. The van der Waals surface area contributed by atoms with Gasteiger partial charge in [0.15, 0.2) is 0 Å². The zero-order valence-electron chi connectivity index (χ0n) is 14.1. The molecular weight excluding hydrogens is 258 g/mol. The van der Waals surface area contributed by atoms with Crippen LogP contribution in [0.2, 0.25) is 0 Å². The summed E-state index contributed by atoms with van der Waals surface area (Å²) in [5.41, 5.74) is 8.20. The second-order valence-corrected chi connectivity index (χ2v) is 6.81. The quantitative estimate of drug-likeness (QED) is 0.888. The summed E-state index contributed by atoms with van der Waals surface area (Å²) in [6, 6.07) is 4.95. The van der Waals surface area contributed by atoms with Crippen LogP contribution in [-0.4, -0.2) is 18.1 Å². The molecule has 1 aliphatic carbocycles. The smallest absolute Gasteiger partial charge is 0.129 e. The average molecular weight is 289 g/mol. The Kier molecular flexibility index (Phi) is 5.63. The Bertz CT molecular complexity index is 448. The van der Waals surface area contributed by atoms with Gasteiger partial charge in [0, 0.05) is 25.3 Å². The van der Waals surface area contributed by atoms with Gasteiger partial charge in [-0.2, -0.15) is 0 Å². The molecule has 0 radical (unpaired) electrons. The summed E-state index contributed by atoms with van der Waals surface area (Å²) in [5, 5.41) is 0. The van der Waals surface area contributed by atoms with Gasteiger partial charge in [-0.3, -0.25) is 0 Å². The van der Waals surface area contributed by atoms with Crippen molar-refractivity contribution in [2.45, 2.75) is 71.4 Å². The lowest BCUT2D eigenvalue weighted by molar-refractivity contribution is 0.313. The van der Waals surface area contributed by atoms with E-state index in [1.807, 2.05) is 0 Å². The van der Waals surface area contributed by atoms with E-state index in [-0.39, 0.29) is 0 Å². The zero-order valence-corrected chi connectivity index (χ0v) is 14.1. The standard InChI is InChI=1S/C18H31N3/c1-5-14-6-8-16(9-7-14)21(4)18-11-15(12-19)10-17(20-18)13(2)3/h10-11,13-14,16H,5-9,12,19H2,1-4H3. The van der Waals surface area contributed by atoms with E-state index < -0.39 is 0 Å². The van der Waals surface area contributed by atoms with Crippen LogP contribution in [-0.2, 0) is 6.54 Å². The van der Waals surface area contributed by atoms with Gasteiger partial charge < -0.3 is 10.6 Å². The SMILES string of the molecule is CCC1CCC(N(C)c2cc(CN)cc(C(C)C)n2)CC1. The number of hydrogen-bond acceptors (Lipinski definition) is 3. The van der Waals surface area contributed by atoms with Crippen molar-refractivity contribution in [1.29, 1.82) is 0 Å². The Balaban J connectivity index is 2.15. The second-order valence-electron chi connectivity index (χ2n) is 6.81. The summed E-state index contributed by atoms with van der Waals surface area (Å²) in [6.07, 6.45) is 6.63. The molecule has 2 rings (SSSR count). The molecule has 0 bridgehead atoms. The predicted octanol–water partition coefficient (Wildman–Crippen LogP) is 4.07. The average Bonchev–Trinajstić information content (AvgIpc) is 2.53. The molecule has 0 saturated heterocycles. The third-order valence-corrected chi connectivity index (χ3v) is 5.02. The first-order valence-corrected chi connectivity index (χ1v) is 8.48. The topological polar surface area (TPSA) is 42.1 Å². The molecule has 1 aromatic rings. The van der Waals surface area contributed by atoms with Crippen molar-refractivity contribution in [3.8, 4) is 0 Å². The molecule has 1 aromatic heterocycles. The van der Waals surface area contributed by atoms with E-state index in [4.69, 9.17) is 10.7 Å². The highest BCUT2D eigenvalue weighted by Gasteiger charge is 2.24. The van der Waals surface area contributed by atoms with Crippen LogP contribution in [0.1, 0.15) is 70.1 Å². The highest BCUT2D eigenvalue weighted by atomic mass is 15.2. The van der Waals surface area contributed by atoms with Crippen LogP contribution in [0.15, 0.2) is 12.1 Å². The maximum atomic E-state index is 5.86. The molecule has 1 saturated carbocycles. The number of hydrogen-bond donors (Lipinski definition) is 1. The molecule has 0 atom stereocenters. The third-order valence-electron chi connectivity index (χ3n) is 5.02. The molecule has 1 heterocycles. The Morgan fingerprint density at radius 3 is 2.43 bits per heavy atom. The molecule has 0 amide bonds. The van der Waals surface area contributed by atoms with Gasteiger partial charge in [-0.05, 0) is 55.2 Å². The Labute approximate surface area is 129 Å². The van der Waals surface area contributed by atoms with Crippen molar-refractivity contribution in [2.75, 3.05) is 11.9 Å². The van der Waals surface area contributed by atoms with Crippen LogP contribution in [0, 0.1) is 5.92 Å². The van der Waals surface area contributed by atoms with Crippen LogP contribution >= 0.6 is 0 Å². The number of pyridine rings is 1. The maximum Gasteiger partial charge on any atom is 0.129 e. The largest absolute Gasteiger partial charge is 0.357 e. The number of anilines is 1. The van der Waals surface area contributed by atoms with Gasteiger partial charge in [0.05, 0.1) is 0 Å². The van der Waals surface area contributed by atoms with Gasteiger partial charge in [-0.15, -0.1) is 0 Å². The minimum absolute atomic E-state index is 0.444. The highest BCUT2D eigenvalue weighted by molar-refractivity contribution is 5.43. The van der Waals surface area contributed by atoms with Crippen molar-refractivity contribution >= 4 is 5.82 Å². The van der Waals surface area contributed by atoms with E-state index >= 15 is 0 Å². The van der Waals surface area contributed by atoms with E-state index in [0.717, 1.165) is 17.4 Å². The molecule has 0 spiro atoms. The van der Waals surface area contributed by atoms with E-state index in [9.17, 15) is 0 Å². The van der Waals surface area contributed by atoms with Gasteiger partial charge in [0.2, 0.25) is 0 Å². The minimum atomic E-state index is 0.444. The van der Waals surface area contributed by atoms with Crippen molar-refractivity contribution in [1.82, 2.24) is 4.98 Å². The van der Waals surface area contributed by atoms with Crippen molar-refractivity contribution < 1.29 is 0 Å². The summed E-state index contributed by atoms with van der Waals surface area (Å²) in [4.78, 5) is 7.25.